The first kappa shape index (κ1) is 14.3. The molecule has 0 amide bonds. The molecule has 0 aliphatic rings. The number of hydrogen-bond acceptors (Lipinski definition) is 3. The van der Waals surface area contributed by atoms with Gasteiger partial charge in [0.1, 0.15) is 10.3 Å². The minimum absolute atomic E-state index is 0.194. The summed E-state index contributed by atoms with van der Waals surface area (Å²) in [5.41, 5.74) is 5.71. The van der Waals surface area contributed by atoms with Crippen molar-refractivity contribution in [1.29, 1.82) is 0 Å². The Morgan fingerprint density at radius 3 is 2.35 bits per heavy atom. The first-order valence-electron chi connectivity index (χ1n) is 5.78. The highest BCUT2D eigenvalue weighted by atomic mass is 79.9. The van der Waals surface area contributed by atoms with Crippen LogP contribution in [0.1, 0.15) is 5.56 Å². The summed E-state index contributed by atoms with van der Waals surface area (Å²) >= 11 is 3.16. The fourth-order valence-electron chi connectivity index (χ4n) is 1.70. The zero-order chi connectivity index (χ0) is 14.9. The fraction of sp³-hybridized carbons (Fsp3) is 0.154. The Labute approximate surface area is 123 Å². The van der Waals surface area contributed by atoms with Crippen LogP contribution in [-0.2, 0) is 14.1 Å². The monoisotopic (exact) mass is 336 g/mol. The largest absolute Gasteiger partial charge is 0.383 e. The number of halogens is 1. The number of aliphatic imine (C=N–C) groups is 1. The van der Waals surface area contributed by atoms with Crippen molar-refractivity contribution < 1.29 is 0 Å². The van der Waals surface area contributed by atoms with E-state index in [4.69, 9.17) is 5.73 Å². The molecule has 2 N–H and O–H groups in total. The van der Waals surface area contributed by atoms with Crippen molar-refractivity contribution in [2.45, 2.75) is 0 Å². The third-order valence-corrected chi connectivity index (χ3v) is 3.57. The van der Waals surface area contributed by atoms with E-state index in [1.165, 1.54) is 18.7 Å². The van der Waals surface area contributed by atoms with Gasteiger partial charge in [-0.15, -0.1) is 0 Å². The molecule has 0 fully saturated rings. The first-order valence-corrected chi connectivity index (χ1v) is 6.58. The van der Waals surface area contributed by atoms with Gasteiger partial charge in [-0.1, -0.05) is 30.3 Å². The molecule has 6 nitrogen and oxygen atoms in total. The second-order valence-corrected chi connectivity index (χ2v) is 5.00. The molecular formula is C13H13BrN4O2. The molecule has 0 atom stereocenters. The van der Waals surface area contributed by atoms with Gasteiger partial charge in [0.25, 0.3) is 5.56 Å². The molecule has 1 aromatic heterocycles. The van der Waals surface area contributed by atoms with E-state index in [0.717, 1.165) is 4.57 Å². The molecule has 0 bridgehead atoms. The van der Waals surface area contributed by atoms with Crippen molar-refractivity contribution in [1.82, 2.24) is 9.13 Å². The quantitative estimate of drug-likeness (QED) is 0.652. The molecule has 2 aromatic rings. The molecule has 0 spiro atoms. The van der Waals surface area contributed by atoms with Crippen LogP contribution >= 0.6 is 15.9 Å². The lowest BCUT2D eigenvalue weighted by atomic mass is 10.2. The Morgan fingerprint density at radius 1 is 1.15 bits per heavy atom. The molecule has 104 valence electrons. The van der Waals surface area contributed by atoms with E-state index in [9.17, 15) is 9.59 Å². The Bertz CT molecular complexity index is 753. The number of nitrogens with two attached hydrogens (primary N) is 1. The summed E-state index contributed by atoms with van der Waals surface area (Å²) in [6.45, 7) is 0. The average molecular weight is 337 g/mol. The smallest absolute Gasteiger partial charge is 0.332 e. The number of benzene rings is 1. The summed E-state index contributed by atoms with van der Waals surface area (Å²) in [5.74, 6) is 0.425. The van der Waals surface area contributed by atoms with Crippen LogP contribution in [0.4, 0.5) is 5.82 Å². The zero-order valence-electron chi connectivity index (χ0n) is 11.0. The Morgan fingerprint density at radius 2 is 1.75 bits per heavy atom. The van der Waals surface area contributed by atoms with Gasteiger partial charge in [0, 0.05) is 19.7 Å². The van der Waals surface area contributed by atoms with Crippen LogP contribution in [0.2, 0.25) is 0 Å². The predicted molar refractivity (Wildman–Crippen MR) is 81.5 cm³/mol. The van der Waals surface area contributed by atoms with Gasteiger partial charge in [-0.05, 0) is 15.9 Å². The molecule has 7 heteroatoms. The molecule has 0 aliphatic carbocycles. The van der Waals surface area contributed by atoms with Crippen LogP contribution in [0.15, 0.2) is 49.4 Å². The molecule has 1 heterocycles. The van der Waals surface area contributed by atoms with Gasteiger partial charge in [0.2, 0.25) is 0 Å². The lowest BCUT2D eigenvalue weighted by molar-refractivity contribution is 0.683. The number of hydrogen-bond donors (Lipinski definition) is 1. The number of nitrogens with zero attached hydrogens (tertiary/aromatic N) is 3. The van der Waals surface area contributed by atoms with Gasteiger partial charge in [-0.2, -0.15) is 0 Å². The SMILES string of the molecule is Cn1c(/N=C(\N)c2ccccc2)c(Br)c(=O)n(C)c1=O. The van der Waals surface area contributed by atoms with E-state index in [0.29, 0.717) is 5.56 Å². The summed E-state index contributed by atoms with van der Waals surface area (Å²) in [5, 5.41) is 0. The van der Waals surface area contributed by atoms with E-state index in [1.54, 1.807) is 12.1 Å². The average Bonchev–Trinajstić information content (AvgIpc) is 2.48. The van der Waals surface area contributed by atoms with Crippen LogP contribution < -0.4 is 17.0 Å². The van der Waals surface area contributed by atoms with Gasteiger partial charge >= 0.3 is 5.69 Å². The van der Waals surface area contributed by atoms with Crippen LogP contribution in [0.5, 0.6) is 0 Å². The van der Waals surface area contributed by atoms with Crippen LogP contribution in [0, 0.1) is 0 Å². The highest BCUT2D eigenvalue weighted by molar-refractivity contribution is 9.10. The van der Waals surface area contributed by atoms with Crippen molar-refractivity contribution in [3.8, 4) is 0 Å². The third-order valence-electron chi connectivity index (χ3n) is 2.88. The van der Waals surface area contributed by atoms with Gasteiger partial charge in [-0.3, -0.25) is 13.9 Å². The Hall–Kier alpha value is -2.15. The van der Waals surface area contributed by atoms with E-state index >= 15 is 0 Å². The van der Waals surface area contributed by atoms with Crippen molar-refractivity contribution >= 4 is 27.6 Å². The lowest BCUT2D eigenvalue weighted by Crippen LogP contribution is -2.37. The molecule has 0 saturated carbocycles. The molecule has 20 heavy (non-hydrogen) atoms. The minimum Gasteiger partial charge on any atom is -0.383 e. The Kier molecular flexibility index (Phi) is 3.89. The minimum atomic E-state index is -0.460. The second-order valence-electron chi connectivity index (χ2n) is 4.21. The topological polar surface area (TPSA) is 82.4 Å². The van der Waals surface area contributed by atoms with Gasteiger partial charge < -0.3 is 5.73 Å². The van der Waals surface area contributed by atoms with Crippen molar-refractivity contribution in [3.63, 3.8) is 0 Å². The lowest BCUT2D eigenvalue weighted by Gasteiger charge is -2.09. The van der Waals surface area contributed by atoms with Crippen LogP contribution in [0.3, 0.4) is 0 Å². The predicted octanol–water partition coefficient (Wildman–Crippen LogP) is 0.884. The second kappa shape index (κ2) is 5.46. The molecule has 0 unspecified atom stereocenters. The van der Waals surface area contributed by atoms with Gasteiger partial charge in [0.05, 0.1) is 0 Å². The molecule has 0 aliphatic heterocycles. The molecular weight excluding hydrogens is 324 g/mol. The fourth-order valence-corrected chi connectivity index (χ4v) is 2.32. The summed E-state index contributed by atoms with van der Waals surface area (Å²) in [6.07, 6.45) is 0. The summed E-state index contributed by atoms with van der Waals surface area (Å²) in [6, 6.07) is 9.12. The van der Waals surface area contributed by atoms with Crippen LogP contribution in [-0.4, -0.2) is 15.0 Å². The maximum absolute atomic E-state index is 11.9. The molecule has 2 rings (SSSR count). The van der Waals surface area contributed by atoms with E-state index < -0.39 is 11.2 Å². The first-order chi connectivity index (χ1) is 9.43. The highest BCUT2D eigenvalue weighted by Gasteiger charge is 2.13. The normalized spacial score (nSPS) is 11.7. The summed E-state index contributed by atoms with van der Waals surface area (Å²) in [7, 11) is 2.94. The molecule has 0 radical (unpaired) electrons. The maximum atomic E-state index is 11.9. The van der Waals surface area contributed by atoms with Crippen molar-refractivity contribution in [2.75, 3.05) is 0 Å². The number of amidine groups is 1. The zero-order valence-corrected chi connectivity index (χ0v) is 12.6. The van der Waals surface area contributed by atoms with Crippen LogP contribution in [0.25, 0.3) is 0 Å². The molecule has 0 saturated heterocycles. The van der Waals surface area contributed by atoms with E-state index in [-0.39, 0.29) is 16.1 Å². The number of aromatic nitrogens is 2. The maximum Gasteiger partial charge on any atom is 0.332 e. The Balaban J connectivity index is 2.67. The van der Waals surface area contributed by atoms with Gasteiger partial charge in [-0.25, -0.2) is 9.79 Å². The van der Waals surface area contributed by atoms with E-state index in [1.807, 2.05) is 18.2 Å². The van der Waals surface area contributed by atoms with Crippen molar-refractivity contribution in [2.24, 2.45) is 24.8 Å². The third kappa shape index (κ3) is 2.44. The summed E-state index contributed by atoms with van der Waals surface area (Å²) in [4.78, 5) is 27.9. The van der Waals surface area contributed by atoms with Gasteiger partial charge in [0.15, 0.2) is 5.82 Å². The number of rotatable bonds is 2. The van der Waals surface area contributed by atoms with Crippen molar-refractivity contribution in [3.05, 3.63) is 61.2 Å². The standard InChI is InChI=1S/C13H13BrN4O2/c1-17-11(9(14)12(19)18(2)13(17)20)16-10(15)8-6-4-3-5-7-8/h3-7H,1-2H3,(H2,15,16). The summed E-state index contributed by atoms with van der Waals surface area (Å²) < 4.78 is 2.46. The molecule has 1 aromatic carbocycles. The highest BCUT2D eigenvalue weighted by Crippen LogP contribution is 2.19. The van der Waals surface area contributed by atoms with E-state index in [2.05, 4.69) is 20.9 Å².